The van der Waals surface area contributed by atoms with Gasteiger partial charge >= 0.3 is 0 Å². The molecule has 3 N–H and O–H groups in total. The smallest absolute Gasteiger partial charge is 0.274 e. The number of aromatic nitrogens is 4. The van der Waals surface area contributed by atoms with Crippen molar-refractivity contribution in [3.05, 3.63) is 65.3 Å². The van der Waals surface area contributed by atoms with Gasteiger partial charge in [-0.2, -0.15) is 5.10 Å². The predicted molar refractivity (Wildman–Crippen MR) is 169 cm³/mol. The molecule has 0 bridgehead atoms. The molecule has 0 spiro atoms. The molecular weight excluding hydrogens is 592 g/mol. The van der Waals surface area contributed by atoms with E-state index in [1.54, 1.807) is 24.4 Å². The molecule has 0 aliphatic carbocycles. The molecular formula is C29H35ClN8O4S. The maximum Gasteiger partial charge on any atom is 0.274 e. The lowest BCUT2D eigenvalue weighted by atomic mass is 10.0. The van der Waals surface area contributed by atoms with Gasteiger partial charge in [-0.1, -0.05) is 17.7 Å². The molecule has 1 aromatic carbocycles. The summed E-state index contributed by atoms with van der Waals surface area (Å²) in [6.07, 6.45) is 4.95. The number of benzene rings is 1. The van der Waals surface area contributed by atoms with Gasteiger partial charge in [-0.25, -0.2) is 18.4 Å². The number of hydrogen-bond donors (Lipinski definition) is 3. The number of nitrogens with zero attached hydrogens (tertiary/aromatic N) is 5. The number of H-pyrrole nitrogens is 1. The molecule has 228 valence electrons. The summed E-state index contributed by atoms with van der Waals surface area (Å²) in [5.74, 6) is -0.347. The van der Waals surface area contributed by atoms with E-state index in [9.17, 15) is 13.2 Å². The third-order valence-corrected chi connectivity index (χ3v) is 7.73. The first-order valence-electron chi connectivity index (χ1n) is 13.7. The number of carbonyl (C=O) groups excluding carboxylic acids is 2. The fourth-order valence-electron chi connectivity index (χ4n) is 4.75. The molecule has 43 heavy (non-hydrogen) atoms. The molecule has 12 nitrogen and oxygen atoms in total. The van der Waals surface area contributed by atoms with Gasteiger partial charge in [-0.3, -0.25) is 24.4 Å². The lowest BCUT2D eigenvalue weighted by molar-refractivity contribution is -0.106. The molecule has 3 aromatic heterocycles. The second kappa shape index (κ2) is 14.0. The molecule has 4 aromatic rings. The first kappa shape index (κ1) is 32.0. The second-order valence-corrected chi connectivity index (χ2v) is 12.5. The molecule has 0 unspecified atom stereocenters. The van der Waals surface area contributed by atoms with Crippen LogP contribution in [0.25, 0.3) is 22.0 Å². The van der Waals surface area contributed by atoms with Gasteiger partial charge in [-0.15, -0.1) is 0 Å². The van der Waals surface area contributed by atoms with Crippen LogP contribution in [0.4, 0.5) is 11.4 Å². The van der Waals surface area contributed by atoms with Crippen molar-refractivity contribution < 1.29 is 18.0 Å². The Hall–Kier alpha value is -3.91. The molecule has 0 atom stereocenters. The summed E-state index contributed by atoms with van der Waals surface area (Å²) in [6, 6.07) is 11.2. The largest absolute Gasteiger partial charge is 0.320 e. The van der Waals surface area contributed by atoms with Gasteiger partial charge in [0.25, 0.3) is 5.91 Å². The van der Waals surface area contributed by atoms with Crippen molar-refractivity contribution >= 4 is 56.1 Å². The first-order valence-corrected chi connectivity index (χ1v) is 16.0. The molecule has 5 rings (SSSR count). The standard InChI is InChI=1S/C27H31ClN8O3S.C2H4O/c1-17(2)36-9-7-35(8-10-36)16-20-5-4-6-22(31-20)27(37)32-23-11-18(12-24-21(23)15-30-33-24)19-13-25(26(28)29-14-19)34-40(3,38)39;1-2-3/h4-6,11-15,17,34H,7-10,16H2,1-3H3,(H,30,33)(H,32,37);2H,1H3. The fraction of sp³-hybridized carbons (Fsp3) is 0.345. The van der Waals surface area contributed by atoms with Crippen molar-refractivity contribution in [2.24, 2.45) is 0 Å². The SMILES string of the molecule is CC(C)N1CCN(Cc2cccc(C(=O)Nc3cc(-c4cnc(Cl)c(NS(C)(=O)=O)c4)cc4[nH]ncc34)n2)CC1.CC=O. The third kappa shape index (κ3) is 8.57. The van der Waals surface area contributed by atoms with Gasteiger partial charge in [0.05, 0.1) is 35.0 Å². The van der Waals surface area contributed by atoms with Gasteiger partial charge in [0.1, 0.15) is 12.0 Å². The molecule has 1 aliphatic rings. The van der Waals surface area contributed by atoms with Gasteiger partial charge in [0.15, 0.2) is 5.15 Å². The molecule has 1 amide bonds. The predicted octanol–water partition coefficient (Wildman–Crippen LogP) is 4.03. The van der Waals surface area contributed by atoms with Gasteiger partial charge in [0.2, 0.25) is 10.0 Å². The summed E-state index contributed by atoms with van der Waals surface area (Å²) < 4.78 is 25.9. The minimum Gasteiger partial charge on any atom is -0.320 e. The number of aldehydes is 1. The van der Waals surface area contributed by atoms with Crippen molar-refractivity contribution in [2.75, 3.05) is 42.5 Å². The number of fused-ring (bicyclic) bond motifs is 1. The van der Waals surface area contributed by atoms with E-state index in [1.807, 2.05) is 18.2 Å². The molecule has 0 saturated carbocycles. The maximum absolute atomic E-state index is 13.3. The van der Waals surface area contributed by atoms with Crippen LogP contribution in [-0.2, 0) is 21.4 Å². The van der Waals surface area contributed by atoms with E-state index in [0.29, 0.717) is 46.0 Å². The number of anilines is 2. The Morgan fingerprint density at radius 2 is 1.79 bits per heavy atom. The minimum atomic E-state index is -3.56. The van der Waals surface area contributed by atoms with E-state index in [4.69, 9.17) is 16.4 Å². The van der Waals surface area contributed by atoms with Crippen molar-refractivity contribution in [1.82, 2.24) is 30.0 Å². The molecule has 1 aliphatic heterocycles. The number of hydrogen-bond acceptors (Lipinski definition) is 9. The van der Waals surface area contributed by atoms with Crippen LogP contribution in [0.2, 0.25) is 5.15 Å². The summed E-state index contributed by atoms with van der Waals surface area (Å²) in [4.78, 5) is 35.7. The number of halogens is 1. The average molecular weight is 627 g/mol. The first-order chi connectivity index (χ1) is 20.5. The molecule has 1 fully saturated rings. The van der Waals surface area contributed by atoms with Crippen molar-refractivity contribution in [2.45, 2.75) is 33.4 Å². The lowest BCUT2D eigenvalue weighted by Crippen LogP contribution is -2.48. The Kier molecular flexibility index (Phi) is 10.5. The number of aromatic amines is 1. The highest BCUT2D eigenvalue weighted by Gasteiger charge is 2.20. The lowest BCUT2D eigenvalue weighted by Gasteiger charge is -2.36. The Bertz CT molecular complexity index is 1700. The summed E-state index contributed by atoms with van der Waals surface area (Å²) in [5.41, 5.74) is 3.79. The normalized spacial score (nSPS) is 14.3. The van der Waals surface area contributed by atoms with Crippen LogP contribution in [0.5, 0.6) is 0 Å². The zero-order valence-electron chi connectivity index (χ0n) is 24.5. The average Bonchev–Trinajstić information content (AvgIpc) is 3.44. The van der Waals surface area contributed by atoms with Gasteiger partial charge < -0.3 is 10.1 Å². The number of pyridine rings is 2. The van der Waals surface area contributed by atoms with E-state index in [0.717, 1.165) is 44.4 Å². The minimum absolute atomic E-state index is 0.0260. The molecule has 0 radical (unpaired) electrons. The van der Waals surface area contributed by atoms with Crippen LogP contribution in [0.3, 0.4) is 0 Å². The highest BCUT2D eigenvalue weighted by atomic mass is 35.5. The monoisotopic (exact) mass is 626 g/mol. The summed E-state index contributed by atoms with van der Waals surface area (Å²) in [7, 11) is -3.56. The Morgan fingerprint density at radius 1 is 1.09 bits per heavy atom. The highest BCUT2D eigenvalue weighted by molar-refractivity contribution is 7.92. The quantitative estimate of drug-likeness (QED) is 0.194. The third-order valence-electron chi connectivity index (χ3n) is 6.84. The van der Waals surface area contributed by atoms with Gasteiger partial charge in [0, 0.05) is 55.9 Å². The highest BCUT2D eigenvalue weighted by Crippen LogP contribution is 2.33. The van der Waals surface area contributed by atoms with Crippen LogP contribution in [0.1, 0.15) is 37.0 Å². The zero-order valence-corrected chi connectivity index (χ0v) is 26.0. The van der Waals surface area contributed by atoms with E-state index in [2.05, 4.69) is 53.9 Å². The van der Waals surface area contributed by atoms with E-state index >= 15 is 0 Å². The Labute approximate surface area is 255 Å². The van der Waals surface area contributed by atoms with Gasteiger partial charge in [-0.05, 0) is 56.7 Å². The zero-order chi connectivity index (χ0) is 31.1. The van der Waals surface area contributed by atoms with Crippen LogP contribution < -0.4 is 10.0 Å². The second-order valence-electron chi connectivity index (χ2n) is 10.4. The van der Waals surface area contributed by atoms with E-state index < -0.39 is 10.0 Å². The Balaban J connectivity index is 0.00000135. The van der Waals surface area contributed by atoms with E-state index in [-0.39, 0.29) is 16.7 Å². The number of sulfonamides is 1. The number of amides is 1. The number of piperazine rings is 1. The fourth-order valence-corrected chi connectivity index (χ4v) is 5.51. The van der Waals surface area contributed by atoms with Crippen LogP contribution in [0, 0.1) is 0 Å². The van der Waals surface area contributed by atoms with Crippen LogP contribution >= 0.6 is 11.6 Å². The molecule has 4 heterocycles. The summed E-state index contributed by atoms with van der Waals surface area (Å²) in [6.45, 7) is 10.5. The van der Waals surface area contributed by atoms with E-state index in [1.165, 1.54) is 13.1 Å². The van der Waals surface area contributed by atoms with Crippen molar-refractivity contribution in [3.8, 4) is 11.1 Å². The van der Waals surface area contributed by atoms with Crippen LogP contribution in [0.15, 0.2) is 48.8 Å². The number of nitrogens with one attached hydrogen (secondary N) is 3. The molecule has 14 heteroatoms. The summed E-state index contributed by atoms with van der Waals surface area (Å²) in [5, 5.41) is 10.8. The number of rotatable bonds is 8. The van der Waals surface area contributed by atoms with Crippen molar-refractivity contribution in [3.63, 3.8) is 0 Å². The Morgan fingerprint density at radius 3 is 2.47 bits per heavy atom. The van der Waals surface area contributed by atoms with Crippen LogP contribution in [-0.4, -0.2) is 89.1 Å². The summed E-state index contributed by atoms with van der Waals surface area (Å²) >= 11 is 6.11. The topological polar surface area (TPSA) is 153 Å². The van der Waals surface area contributed by atoms with Crippen molar-refractivity contribution in [1.29, 1.82) is 0 Å². The maximum atomic E-state index is 13.3. The molecule has 1 saturated heterocycles. The number of carbonyl (C=O) groups is 2.